The van der Waals surface area contributed by atoms with Crippen molar-refractivity contribution < 1.29 is 49.3 Å². The normalized spacial score (nSPS) is 20.6. The second kappa shape index (κ2) is 15.6. The van der Waals surface area contributed by atoms with Crippen LogP contribution in [0.1, 0.15) is 60.5 Å². The molecule has 65 heavy (non-hydrogen) atoms. The highest BCUT2D eigenvalue weighted by atomic mass is 28.3. The largest absolute Gasteiger partial charge is 0.278 e. The number of rotatable bonds is 8. The molecule has 9 aromatic carbocycles. The highest BCUT2D eigenvalue weighted by Gasteiger charge is 2.42. The molecule has 12 aromatic rings. The van der Waals surface area contributed by atoms with Crippen molar-refractivity contribution in [1.29, 1.82) is 0 Å². The van der Waals surface area contributed by atoms with Crippen LogP contribution in [-0.4, -0.2) is 32.2 Å². The molecule has 3 heterocycles. The summed E-state index contributed by atoms with van der Waals surface area (Å²) in [6.45, 7) is -2.17. The molecule has 1 atom stereocenters. The van der Waals surface area contributed by atoms with Gasteiger partial charge in [0.1, 0.15) is 0 Å². The number of hydrogen-bond acceptors (Lipinski definition) is 3. The first-order valence-corrected chi connectivity index (χ1v) is 21.3. The molecule has 0 aliphatic heterocycles. The van der Waals surface area contributed by atoms with Gasteiger partial charge in [-0.2, -0.15) is 15.0 Å². The van der Waals surface area contributed by atoms with Gasteiger partial charge in [-0.15, -0.1) is 0 Å². The number of aromatic nitrogens is 5. The lowest BCUT2D eigenvalue weighted by Crippen LogP contribution is -2.74. The summed E-state index contributed by atoms with van der Waals surface area (Å²) < 4.78 is 335. The predicted octanol–water partition coefficient (Wildman–Crippen LogP) is 11.4. The summed E-state index contributed by atoms with van der Waals surface area (Å²) in [6, 6.07) is -30.8. The van der Waals surface area contributed by atoms with Gasteiger partial charge in [0.2, 0.25) is 11.9 Å². The summed E-state index contributed by atoms with van der Waals surface area (Å²) in [5, 5.41) is -6.13. The van der Waals surface area contributed by atoms with Crippen LogP contribution in [0.4, 0.5) is 0 Å². The minimum Gasteiger partial charge on any atom is -0.278 e. The molecule has 6 heteroatoms. The topological polar surface area (TPSA) is 48.5 Å². The van der Waals surface area contributed by atoms with Crippen molar-refractivity contribution >= 4 is 72.4 Å². The Kier molecular flexibility index (Phi) is 3.93. The first-order chi connectivity index (χ1) is 47.0. The van der Waals surface area contributed by atoms with Crippen molar-refractivity contribution in [2.75, 3.05) is 0 Å². The lowest BCUT2D eigenvalue weighted by Gasteiger charge is -2.35. The Bertz CT molecular complexity index is 5480. The minimum atomic E-state index is -6.31. The van der Waals surface area contributed by atoms with Crippen LogP contribution in [0, 0.1) is 13.8 Å². The number of benzene rings is 9. The third-order valence-corrected chi connectivity index (χ3v) is 14.7. The third-order valence-electron chi connectivity index (χ3n) is 10.5. The van der Waals surface area contributed by atoms with Crippen LogP contribution in [-0.2, 0) is 0 Å². The summed E-state index contributed by atoms with van der Waals surface area (Å²) >= 11 is 0. The lowest BCUT2D eigenvalue weighted by atomic mass is 10.1. The molecule has 0 radical (unpaired) electrons. The molecule has 308 valence electrons. The summed E-state index contributed by atoms with van der Waals surface area (Å²) in [5.41, 5.74) is -7.18. The third kappa shape index (κ3) is 6.33. The van der Waals surface area contributed by atoms with E-state index < -0.39 is 319 Å². The number of aryl methyl sites for hydroxylation is 1. The average Bonchev–Trinajstić information content (AvgIpc) is 1.45. The molecule has 0 spiro atoms. The number of fused-ring (bicyclic) bond motifs is 6. The maximum atomic E-state index is 10.8. The van der Waals surface area contributed by atoms with E-state index >= 15 is 0 Å². The van der Waals surface area contributed by atoms with E-state index in [9.17, 15) is 26.0 Å². The SMILES string of the molecule is [2H]c1c([2H])c([2H])c(-c2c([2H])c([2H])c([2H])c([Si](c3cccc(C)c3)(c3c([2H])c([2H])c([2H])c(-c4nc(-n5c6c([2H])c([2H])c([2H])c([2H])c6c6c([2H])c([2H])c([2H])c([2H])c65)nc(-n5c6c([2H])c([2H])c([2H])c([2H])c6c6c([2H])c([2H])c([2H])c([2H])c65)n4)c3[2H])c3c([2H])c([2H])c([2H])c(C([2H])([2H])[2H])c3[2H])c2[2H])c([2H])c1[2H]. The van der Waals surface area contributed by atoms with Crippen molar-refractivity contribution in [1.82, 2.24) is 24.1 Å². The van der Waals surface area contributed by atoms with Crippen molar-refractivity contribution in [3.05, 3.63) is 235 Å². The molecular weight excluding hydrogens is 807 g/mol. The standard InChI is InChI=1S/C59H43N5Si/c1-40-18-14-24-45(36-40)65(46-25-15-19-41(2)37-46,47-26-16-22-43(38-47)42-20-4-3-5-21-42)48-27-17-23-44(39-48)57-60-58(63-53-32-10-6-28-49(53)50-29-7-11-33-54(50)63)62-59(61-57)64-55-34-12-8-30-51(55)52-31-9-13-35-56(52)64/h3-39H,1-2H3/i1D3,3D,4D,5D,6D,7D,8D,9D,10D,11D,12D,13D,14D,16D,17D,18D,20D,21D,22D,23D,24D,26D,27D,28D,29D,30D,31D,32D,33D,34D,35D,36D,38D,39D. The molecule has 12 rings (SSSR count). The molecule has 0 amide bonds. The van der Waals surface area contributed by atoms with Crippen molar-refractivity contribution in [2.24, 2.45) is 0 Å². The Labute approximate surface area is 429 Å². The Balaban J connectivity index is 1.41. The monoisotopic (exact) mass is 886 g/mol. The van der Waals surface area contributed by atoms with E-state index in [4.69, 9.17) is 23.3 Å². The number of nitrogens with zero attached hydrogens (tertiary/aromatic N) is 5. The van der Waals surface area contributed by atoms with Gasteiger partial charge in [0.25, 0.3) is 0 Å². The van der Waals surface area contributed by atoms with Crippen molar-refractivity contribution in [2.45, 2.75) is 13.8 Å². The predicted molar refractivity (Wildman–Crippen MR) is 272 cm³/mol. The minimum absolute atomic E-state index is 0.182. The summed E-state index contributed by atoms with van der Waals surface area (Å²) in [7, 11) is -6.31. The van der Waals surface area contributed by atoms with Crippen LogP contribution in [0.5, 0.6) is 0 Å². The molecule has 0 saturated heterocycles. The maximum absolute atomic E-state index is 10.8. The zero-order valence-electron chi connectivity index (χ0n) is 69.0. The van der Waals surface area contributed by atoms with Gasteiger partial charge >= 0.3 is 0 Å². The van der Waals surface area contributed by atoms with Crippen LogP contribution in [0.3, 0.4) is 0 Å². The van der Waals surface area contributed by atoms with Gasteiger partial charge < -0.3 is 0 Å². The smallest absolute Gasteiger partial charge is 0.240 e. The van der Waals surface area contributed by atoms with E-state index in [-0.39, 0.29) is 5.56 Å². The molecule has 0 aliphatic carbocycles. The maximum Gasteiger partial charge on any atom is 0.240 e. The second-order valence-corrected chi connectivity index (χ2v) is 17.8. The van der Waals surface area contributed by atoms with Gasteiger partial charge in [0.15, 0.2) is 13.9 Å². The molecule has 1 unspecified atom stereocenters. The summed E-state index contributed by atoms with van der Waals surface area (Å²) in [5.74, 6) is -3.34. The quantitative estimate of drug-likeness (QED) is 0.113. The highest BCUT2D eigenvalue weighted by molar-refractivity contribution is 7.20. The summed E-state index contributed by atoms with van der Waals surface area (Å²) in [6.07, 6.45) is 0. The van der Waals surface area contributed by atoms with E-state index in [2.05, 4.69) is 15.0 Å². The van der Waals surface area contributed by atoms with E-state index in [1.807, 2.05) is 0 Å². The Morgan fingerprint density at radius 3 is 1.42 bits per heavy atom. The molecule has 0 bridgehead atoms. The van der Waals surface area contributed by atoms with Gasteiger partial charge in [-0.3, -0.25) is 9.13 Å². The van der Waals surface area contributed by atoms with Crippen LogP contribution < -0.4 is 20.7 Å². The van der Waals surface area contributed by atoms with Crippen molar-refractivity contribution in [3.63, 3.8) is 0 Å². The van der Waals surface area contributed by atoms with Crippen molar-refractivity contribution in [3.8, 4) is 34.4 Å². The van der Waals surface area contributed by atoms with Crippen LogP contribution in [0.2, 0.25) is 0 Å². The van der Waals surface area contributed by atoms with E-state index in [0.29, 0.717) is 9.13 Å². The molecule has 3 aromatic heterocycles. The van der Waals surface area contributed by atoms with Gasteiger partial charge in [-0.25, -0.2) is 0 Å². The molecule has 0 N–H and O–H groups in total. The second-order valence-electron chi connectivity index (χ2n) is 14.2. The Morgan fingerprint density at radius 2 is 0.877 bits per heavy atom. The zero-order valence-corrected chi connectivity index (χ0v) is 34.0. The number of hydrogen-bond donors (Lipinski definition) is 0. The lowest BCUT2D eigenvalue weighted by molar-refractivity contribution is 0.893. The zero-order chi connectivity index (χ0) is 74.7. The van der Waals surface area contributed by atoms with Crippen LogP contribution in [0.25, 0.3) is 78.0 Å². The fourth-order valence-electron chi connectivity index (χ4n) is 7.80. The fraction of sp³-hybridized carbons (Fsp3) is 0.0339. The first-order valence-electron chi connectivity index (χ1n) is 37.3. The van der Waals surface area contributed by atoms with Gasteiger partial charge in [0, 0.05) is 31.2 Å². The van der Waals surface area contributed by atoms with Crippen LogP contribution in [0.15, 0.2) is 224 Å². The van der Waals surface area contributed by atoms with E-state index in [1.54, 1.807) is 0 Å². The molecule has 0 saturated carbocycles. The Morgan fingerprint density at radius 1 is 0.415 bits per heavy atom. The summed E-state index contributed by atoms with van der Waals surface area (Å²) in [4.78, 5) is 13.9. The fourth-order valence-corrected chi connectivity index (χ4v) is 11.9. The van der Waals surface area contributed by atoms with Gasteiger partial charge in [-0.1, -0.05) is 211 Å². The highest BCUT2D eigenvalue weighted by Crippen LogP contribution is 2.34. The first kappa shape index (κ1) is 16.4. The molecule has 0 fully saturated rings. The van der Waals surface area contributed by atoms with Gasteiger partial charge in [0.05, 0.1) is 67.3 Å². The Hall–Kier alpha value is -8.19. The van der Waals surface area contributed by atoms with Crippen LogP contribution >= 0.6 is 0 Å². The molecule has 0 aliphatic rings. The molecular formula is C59H43N5Si. The van der Waals surface area contributed by atoms with Gasteiger partial charge in [-0.05, 0) is 69.8 Å². The average molecular weight is 886 g/mol. The van der Waals surface area contributed by atoms with E-state index in [0.717, 1.165) is 0 Å². The van der Waals surface area contributed by atoms with E-state index in [1.165, 1.54) is 31.2 Å². The number of para-hydroxylation sites is 4. The molecule has 5 nitrogen and oxygen atoms in total.